The summed E-state index contributed by atoms with van der Waals surface area (Å²) >= 11 is 0. The first-order valence-electron chi connectivity index (χ1n) is 6.57. The van der Waals surface area contributed by atoms with E-state index in [1.807, 2.05) is 20.8 Å². The van der Waals surface area contributed by atoms with Crippen molar-refractivity contribution in [1.29, 1.82) is 0 Å². The molecule has 0 fully saturated rings. The summed E-state index contributed by atoms with van der Waals surface area (Å²) in [5.74, 6) is -0.102. The molecule has 0 saturated carbocycles. The molecule has 0 bridgehead atoms. The van der Waals surface area contributed by atoms with Gasteiger partial charge in [-0.1, -0.05) is 0 Å². The number of hydrogen-bond donors (Lipinski definition) is 3. The van der Waals surface area contributed by atoms with E-state index < -0.39 is 0 Å². The zero-order valence-corrected chi connectivity index (χ0v) is 11.8. The summed E-state index contributed by atoms with van der Waals surface area (Å²) in [6.07, 6.45) is 0.200. The Labute approximate surface area is 114 Å². The Kier molecular flexibility index (Phi) is 6.15. The molecule has 1 aromatic carbocycles. The molecule has 0 unspecified atom stereocenters. The molecule has 0 saturated heterocycles. The van der Waals surface area contributed by atoms with E-state index in [-0.39, 0.29) is 12.0 Å². The van der Waals surface area contributed by atoms with Gasteiger partial charge in [-0.15, -0.1) is 0 Å². The van der Waals surface area contributed by atoms with Gasteiger partial charge in [0.05, 0.1) is 18.3 Å². The van der Waals surface area contributed by atoms with Crippen LogP contribution < -0.4 is 16.4 Å². The van der Waals surface area contributed by atoms with Crippen LogP contribution in [-0.2, 0) is 4.74 Å². The molecule has 5 heteroatoms. The second-order valence-corrected chi connectivity index (χ2v) is 4.51. The fourth-order valence-electron chi connectivity index (χ4n) is 1.64. The van der Waals surface area contributed by atoms with Crippen LogP contribution in [-0.4, -0.2) is 31.7 Å². The molecule has 0 radical (unpaired) electrons. The first kappa shape index (κ1) is 15.3. The first-order chi connectivity index (χ1) is 9.04. The maximum atomic E-state index is 11.9. The topological polar surface area (TPSA) is 76.4 Å². The van der Waals surface area contributed by atoms with E-state index in [2.05, 4.69) is 10.6 Å². The predicted molar refractivity (Wildman–Crippen MR) is 78.4 cm³/mol. The smallest absolute Gasteiger partial charge is 0.253 e. The number of ether oxygens (including phenoxy) is 1. The lowest BCUT2D eigenvalue weighted by molar-refractivity contribution is 0.0869. The summed E-state index contributed by atoms with van der Waals surface area (Å²) in [5.41, 5.74) is 7.71. The van der Waals surface area contributed by atoms with Crippen LogP contribution in [0.5, 0.6) is 0 Å². The number of nitrogens with one attached hydrogen (secondary N) is 2. The van der Waals surface area contributed by atoms with E-state index in [9.17, 15) is 4.79 Å². The third-order valence-electron chi connectivity index (χ3n) is 2.49. The summed E-state index contributed by atoms with van der Waals surface area (Å²) in [6, 6.07) is 5.21. The average Bonchev–Trinajstić information content (AvgIpc) is 2.34. The van der Waals surface area contributed by atoms with Gasteiger partial charge in [-0.05, 0) is 39.0 Å². The number of carbonyl (C=O) groups excluding carboxylic acids is 1. The molecule has 0 heterocycles. The van der Waals surface area contributed by atoms with Crippen molar-refractivity contribution in [2.75, 3.05) is 30.7 Å². The van der Waals surface area contributed by atoms with E-state index >= 15 is 0 Å². The number of nitrogens with two attached hydrogens (primary N) is 1. The van der Waals surface area contributed by atoms with Crippen molar-refractivity contribution in [2.45, 2.75) is 26.9 Å². The minimum Gasteiger partial charge on any atom is -0.399 e. The molecule has 1 amide bonds. The summed E-state index contributed by atoms with van der Waals surface area (Å²) in [7, 11) is 0. The SMILES string of the molecule is CCNC(=O)c1ccc(N)cc1NCCOC(C)C. The number of anilines is 2. The number of benzene rings is 1. The fraction of sp³-hybridized carbons (Fsp3) is 0.500. The van der Waals surface area contributed by atoms with E-state index in [0.717, 1.165) is 5.69 Å². The van der Waals surface area contributed by atoms with E-state index in [0.29, 0.717) is 30.9 Å². The first-order valence-corrected chi connectivity index (χ1v) is 6.57. The minimum atomic E-state index is -0.102. The lowest BCUT2D eigenvalue weighted by Gasteiger charge is -2.13. The third kappa shape index (κ3) is 5.18. The van der Waals surface area contributed by atoms with Crippen LogP contribution in [0.2, 0.25) is 0 Å². The normalized spacial score (nSPS) is 10.5. The Morgan fingerprint density at radius 2 is 2.16 bits per heavy atom. The van der Waals surface area contributed by atoms with Gasteiger partial charge in [-0.25, -0.2) is 0 Å². The molecular weight excluding hydrogens is 242 g/mol. The van der Waals surface area contributed by atoms with Crippen molar-refractivity contribution < 1.29 is 9.53 Å². The van der Waals surface area contributed by atoms with Crippen LogP contribution in [0, 0.1) is 0 Å². The molecule has 1 aromatic rings. The highest BCUT2D eigenvalue weighted by Gasteiger charge is 2.10. The number of nitrogen functional groups attached to an aromatic ring is 1. The molecule has 0 aliphatic rings. The quantitative estimate of drug-likeness (QED) is 0.519. The highest BCUT2D eigenvalue weighted by molar-refractivity contribution is 6.00. The van der Waals surface area contributed by atoms with Gasteiger partial charge in [0, 0.05) is 24.5 Å². The summed E-state index contributed by atoms with van der Waals surface area (Å²) < 4.78 is 5.45. The zero-order chi connectivity index (χ0) is 14.3. The van der Waals surface area contributed by atoms with Crippen molar-refractivity contribution in [3.63, 3.8) is 0 Å². The zero-order valence-electron chi connectivity index (χ0n) is 11.8. The average molecular weight is 265 g/mol. The number of amides is 1. The van der Waals surface area contributed by atoms with Crippen LogP contribution >= 0.6 is 0 Å². The van der Waals surface area contributed by atoms with Gasteiger partial charge in [0.1, 0.15) is 0 Å². The molecule has 1 rings (SSSR count). The maximum Gasteiger partial charge on any atom is 0.253 e. The van der Waals surface area contributed by atoms with Gasteiger partial charge < -0.3 is 21.1 Å². The Hall–Kier alpha value is -1.75. The van der Waals surface area contributed by atoms with Crippen molar-refractivity contribution >= 4 is 17.3 Å². The molecule has 0 aromatic heterocycles. The Bertz CT molecular complexity index is 419. The van der Waals surface area contributed by atoms with Gasteiger partial charge >= 0.3 is 0 Å². The summed E-state index contributed by atoms with van der Waals surface area (Å²) in [6.45, 7) is 7.68. The van der Waals surface area contributed by atoms with E-state index in [4.69, 9.17) is 10.5 Å². The number of carbonyl (C=O) groups is 1. The third-order valence-corrected chi connectivity index (χ3v) is 2.49. The molecule has 4 N–H and O–H groups in total. The fourth-order valence-corrected chi connectivity index (χ4v) is 1.64. The van der Waals surface area contributed by atoms with Gasteiger partial charge in [0.15, 0.2) is 0 Å². The molecule has 0 spiro atoms. The minimum absolute atomic E-state index is 0.102. The molecule has 0 aliphatic heterocycles. The van der Waals surface area contributed by atoms with Gasteiger partial charge in [0.25, 0.3) is 5.91 Å². The predicted octanol–water partition coefficient (Wildman–Crippen LogP) is 1.86. The van der Waals surface area contributed by atoms with Gasteiger partial charge in [-0.2, -0.15) is 0 Å². The largest absolute Gasteiger partial charge is 0.399 e. The van der Waals surface area contributed by atoms with Gasteiger partial charge in [-0.3, -0.25) is 4.79 Å². The van der Waals surface area contributed by atoms with E-state index in [1.165, 1.54) is 0 Å². The second-order valence-electron chi connectivity index (χ2n) is 4.51. The molecule has 0 aliphatic carbocycles. The van der Waals surface area contributed by atoms with E-state index in [1.54, 1.807) is 18.2 Å². The lowest BCUT2D eigenvalue weighted by Crippen LogP contribution is -2.24. The molecule has 5 nitrogen and oxygen atoms in total. The second kappa shape index (κ2) is 7.63. The van der Waals surface area contributed by atoms with Crippen LogP contribution in [0.3, 0.4) is 0 Å². The molecule has 106 valence electrons. The molecular formula is C14H23N3O2. The highest BCUT2D eigenvalue weighted by atomic mass is 16.5. The molecule has 19 heavy (non-hydrogen) atoms. The highest BCUT2D eigenvalue weighted by Crippen LogP contribution is 2.19. The van der Waals surface area contributed by atoms with Crippen molar-refractivity contribution in [1.82, 2.24) is 5.32 Å². The molecule has 0 atom stereocenters. The van der Waals surface area contributed by atoms with Crippen LogP contribution in [0.15, 0.2) is 18.2 Å². The standard InChI is InChI=1S/C14H23N3O2/c1-4-16-14(18)12-6-5-11(15)9-13(12)17-7-8-19-10(2)3/h5-6,9-10,17H,4,7-8,15H2,1-3H3,(H,16,18). The number of rotatable bonds is 7. The van der Waals surface area contributed by atoms with Gasteiger partial charge in [0.2, 0.25) is 0 Å². The summed E-state index contributed by atoms with van der Waals surface area (Å²) in [4.78, 5) is 11.9. The lowest BCUT2D eigenvalue weighted by atomic mass is 10.1. The van der Waals surface area contributed by atoms with Crippen LogP contribution in [0.25, 0.3) is 0 Å². The Morgan fingerprint density at radius 1 is 1.42 bits per heavy atom. The van der Waals surface area contributed by atoms with Crippen LogP contribution in [0.4, 0.5) is 11.4 Å². The van der Waals surface area contributed by atoms with Crippen LogP contribution in [0.1, 0.15) is 31.1 Å². The number of hydrogen-bond acceptors (Lipinski definition) is 4. The Balaban J connectivity index is 2.68. The monoisotopic (exact) mass is 265 g/mol. The summed E-state index contributed by atoms with van der Waals surface area (Å²) in [5, 5.41) is 5.96. The van der Waals surface area contributed by atoms with Crippen molar-refractivity contribution in [3.8, 4) is 0 Å². The maximum absolute atomic E-state index is 11.9. The van der Waals surface area contributed by atoms with Crippen molar-refractivity contribution in [3.05, 3.63) is 23.8 Å². The Morgan fingerprint density at radius 3 is 2.79 bits per heavy atom. The van der Waals surface area contributed by atoms with Crippen molar-refractivity contribution in [2.24, 2.45) is 0 Å².